The fraction of sp³-hybridized carbons (Fsp3) is 0.533. The molecule has 0 saturated carbocycles. The predicted octanol–water partition coefficient (Wildman–Crippen LogP) is 1.19. The highest BCUT2D eigenvalue weighted by atomic mass is 16.6. The van der Waals surface area contributed by atoms with Crippen molar-refractivity contribution in [1.29, 1.82) is 0 Å². The zero-order valence-electron chi connectivity index (χ0n) is 12.7. The second-order valence-electron chi connectivity index (χ2n) is 6.61. The predicted molar refractivity (Wildman–Crippen MR) is 82.5 cm³/mol. The lowest BCUT2D eigenvalue weighted by Crippen LogP contribution is -2.47. The molecule has 1 aliphatic rings. The molecule has 1 aliphatic heterocycles. The van der Waals surface area contributed by atoms with E-state index in [2.05, 4.69) is 18.9 Å². The van der Waals surface area contributed by atoms with Crippen LogP contribution < -0.4 is 5.46 Å². The molecule has 0 bridgehead atoms. The molecule has 1 atom stereocenters. The molecule has 112 valence electrons. The van der Waals surface area contributed by atoms with Gasteiger partial charge in [0.15, 0.2) is 0 Å². The summed E-state index contributed by atoms with van der Waals surface area (Å²) in [5.74, 6) is 0. The van der Waals surface area contributed by atoms with E-state index in [1.807, 2.05) is 29.1 Å². The van der Waals surface area contributed by atoms with Crippen molar-refractivity contribution in [2.24, 2.45) is 5.41 Å². The van der Waals surface area contributed by atoms with Crippen LogP contribution in [0.1, 0.15) is 20.8 Å². The Balaban J connectivity index is 1.82. The van der Waals surface area contributed by atoms with Crippen LogP contribution >= 0.6 is 0 Å². The molecule has 21 heavy (non-hydrogen) atoms. The molecule has 0 aliphatic carbocycles. The van der Waals surface area contributed by atoms with Crippen LogP contribution in [0.5, 0.6) is 0 Å². The minimum absolute atomic E-state index is 0.0722. The van der Waals surface area contributed by atoms with Crippen LogP contribution in [0.15, 0.2) is 24.4 Å². The lowest BCUT2D eigenvalue weighted by molar-refractivity contribution is 0.0343. The van der Waals surface area contributed by atoms with Gasteiger partial charge < -0.3 is 14.4 Å². The Morgan fingerprint density at radius 1 is 1.38 bits per heavy atom. The number of benzene rings is 1. The molecule has 6 heteroatoms. The zero-order valence-corrected chi connectivity index (χ0v) is 12.7. The lowest BCUT2D eigenvalue weighted by atomic mass is 9.75. The summed E-state index contributed by atoms with van der Waals surface area (Å²) in [6, 6.07) is 6.06. The van der Waals surface area contributed by atoms with Crippen molar-refractivity contribution < 1.29 is 14.4 Å². The van der Waals surface area contributed by atoms with Crippen LogP contribution in [0.2, 0.25) is 0 Å². The summed E-state index contributed by atoms with van der Waals surface area (Å²) < 4.78 is 13.4. The molecule has 2 heterocycles. The van der Waals surface area contributed by atoms with Gasteiger partial charge in [-0.25, -0.2) is 0 Å². The minimum atomic E-state index is -0.417. The topological polar surface area (TPSA) is 56.5 Å². The highest BCUT2D eigenvalue weighted by Gasteiger charge is 2.33. The molecule has 1 aromatic heterocycles. The first-order valence-electron chi connectivity index (χ1n) is 7.31. The first-order chi connectivity index (χ1) is 9.94. The van der Waals surface area contributed by atoms with E-state index < -0.39 is 6.10 Å². The Hall–Kier alpha value is -1.37. The minimum Gasteiger partial charge on any atom is -0.407 e. The monoisotopic (exact) mass is 288 g/mol. The van der Waals surface area contributed by atoms with Gasteiger partial charge in [-0.15, -0.1) is 0 Å². The molecule has 1 N–H and O–H groups in total. The number of hydrogen-bond donors (Lipinski definition) is 1. The molecular formula is C15H21BN2O3. The quantitative estimate of drug-likeness (QED) is 0.862. The summed E-state index contributed by atoms with van der Waals surface area (Å²) in [6.45, 7) is 7.90. The van der Waals surface area contributed by atoms with Crippen molar-refractivity contribution in [2.75, 3.05) is 13.2 Å². The van der Waals surface area contributed by atoms with E-state index in [4.69, 9.17) is 9.31 Å². The van der Waals surface area contributed by atoms with Crippen molar-refractivity contribution in [3.8, 4) is 0 Å². The Morgan fingerprint density at radius 3 is 2.76 bits per heavy atom. The largest absolute Gasteiger partial charge is 0.493 e. The Labute approximate surface area is 125 Å². The third-order valence-electron chi connectivity index (χ3n) is 3.63. The van der Waals surface area contributed by atoms with Gasteiger partial charge >= 0.3 is 7.12 Å². The number of rotatable bonds is 3. The normalized spacial score (nSPS) is 19.9. The fourth-order valence-electron chi connectivity index (χ4n) is 2.53. The molecule has 5 nitrogen and oxygen atoms in total. The van der Waals surface area contributed by atoms with Gasteiger partial charge in [-0.2, -0.15) is 5.10 Å². The van der Waals surface area contributed by atoms with E-state index in [0.717, 1.165) is 16.4 Å². The van der Waals surface area contributed by atoms with Gasteiger partial charge in [0, 0.05) is 24.0 Å². The molecule has 1 saturated heterocycles. The number of aliphatic hydroxyl groups is 1. The molecule has 1 aromatic carbocycles. The Bertz CT molecular complexity index is 629. The summed E-state index contributed by atoms with van der Waals surface area (Å²) in [4.78, 5) is 0. The average molecular weight is 288 g/mol. The SMILES string of the molecule is C[C@@H](O)Cn1ncc2cc(B3OCC(C)(C)CO3)ccc21. The molecule has 2 aromatic rings. The molecular weight excluding hydrogens is 267 g/mol. The number of nitrogens with zero attached hydrogens (tertiary/aromatic N) is 2. The van der Waals surface area contributed by atoms with Gasteiger partial charge in [-0.3, -0.25) is 4.68 Å². The van der Waals surface area contributed by atoms with Crippen molar-refractivity contribution >= 4 is 23.5 Å². The maximum absolute atomic E-state index is 9.49. The Morgan fingerprint density at radius 2 is 2.10 bits per heavy atom. The summed E-state index contributed by atoms with van der Waals surface area (Å²) in [6.07, 6.45) is 1.40. The maximum Gasteiger partial charge on any atom is 0.493 e. The lowest BCUT2D eigenvalue weighted by Gasteiger charge is -2.33. The summed E-state index contributed by atoms with van der Waals surface area (Å²) in [5.41, 5.74) is 2.09. The second kappa shape index (κ2) is 5.44. The zero-order chi connectivity index (χ0) is 15.0. The van der Waals surface area contributed by atoms with E-state index in [9.17, 15) is 5.11 Å². The summed E-state index contributed by atoms with van der Waals surface area (Å²) in [5, 5.41) is 14.8. The third kappa shape index (κ3) is 3.12. The van der Waals surface area contributed by atoms with E-state index in [1.54, 1.807) is 6.92 Å². The molecule has 0 radical (unpaired) electrons. The molecule has 0 spiro atoms. The second-order valence-corrected chi connectivity index (χ2v) is 6.61. The number of hydrogen-bond acceptors (Lipinski definition) is 4. The summed E-state index contributed by atoms with van der Waals surface area (Å²) in [7, 11) is -0.303. The van der Waals surface area contributed by atoms with E-state index in [0.29, 0.717) is 19.8 Å². The van der Waals surface area contributed by atoms with E-state index >= 15 is 0 Å². The first kappa shape index (κ1) is 14.6. The average Bonchev–Trinajstić information content (AvgIpc) is 2.80. The molecule has 0 amide bonds. The standard InChI is InChI=1S/C15H21BN2O3/c1-11(19)8-18-14-5-4-13(6-12(14)7-17-18)16-20-9-15(2,3)10-21-16/h4-7,11,19H,8-10H2,1-3H3/t11-/m1/s1. The number of aromatic nitrogens is 2. The Kier molecular flexibility index (Phi) is 3.77. The van der Waals surface area contributed by atoms with Crippen LogP contribution in [0, 0.1) is 5.41 Å². The smallest absolute Gasteiger partial charge is 0.407 e. The van der Waals surface area contributed by atoms with E-state index in [1.165, 1.54) is 0 Å². The van der Waals surface area contributed by atoms with Gasteiger partial charge in [0.1, 0.15) is 0 Å². The highest BCUT2D eigenvalue weighted by Crippen LogP contribution is 2.22. The van der Waals surface area contributed by atoms with Crippen LogP contribution in [-0.2, 0) is 15.9 Å². The van der Waals surface area contributed by atoms with Gasteiger partial charge in [0.25, 0.3) is 0 Å². The maximum atomic E-state index is 9.49. The van der Waals surface area contributed by atoms with Crippen LogP contribution in [-0.4, -0.2) is 41.3 Å². The van der Waals surface area contributed by atoms with Gasteiger partial charge in [-0.1, -0.05) is 26.0 Å². The van der Waals surface area contributed by atoms with Gasteiger partial charge in [0.05, 0.1) is 24.4 Å². The van der Waals surface area contributed by atoms with Crippen LogP contribution in [0.25, 0.3) is 10.9 Å². The van der Waals surface area contributed by atoms with Crippen LogP contribution in [0.3, 0.4) is 0 Å². The van der Waals surface area contributed by atoms with Crippen molar-refractivity contribution in [3.05, 3.63) is 24.4 Å². The van der Waals surface area contributed by atoms with Crippen molar-refractivity contribution in [3.63, 3.8) is 0 Å². The number of fused-ring (bicyclic) bond motifs is 1. The van der Waals surface area contributed by atoms with Crippen molar-refractivity contribution in [2.45, 2.75) is 33.4 Å². The fourth-order valence-corrected chi connectivity index (χ4v) is 2.53. The third-order valence-corrected chi connectivity index (χ3v) is 3.63. The van der Waals surface area contributed by atoms with Gasteiger partial charge in [0.2, 0.25) is 0 Å². The van der Waals surface area contributed by atoms with Crippen LogP contribution in [0.4, 0.5) is 0 Å². The molecule has 3 rings (SSSR count). The number of aliphatic hydroxyl groups excluding tert-OH is 1. The summed E-state index contributed by atoms with van der Waals surface area (Å²) >= 11 is 0. The van der Waals surface area contributed by atoms with Crippen molar-refractivity contribution in [1.82, 2.24) is 9.78 Å². The highest BCUT2D eigenvalue weighted by molar-refractivity contribution is 6.61. The molecule has 0 unspecified atom stereocenters. The molecule has 1 fully saturated rings. The van der Waals surface area contributed by atoms with E-state index in [-0.39, 0.29) is 12.5 Å². The van der Waals surface area contributed by atoms with Gasteiger partial charge in [-0.05, 0) is 18.5 Å². The first-order valence-corrected chi connectivity index (χ1v) is 7.31.